The number of aliphatic hydroxyl groups is 1. The Morgan fingerprint density at radius 3 is 3.10 bits per heavy atom. The minimum atomic E-state index is 0.0929. The second kappa shape index (κ2) is 6.39. The van der Waals surface area contributed by atoms with E-state index in [1.165, 1.54) is 41.4 Å². The fourth-order valence-electron chi connectivity index (χ4n) is 3.09. The first-order valence-corrected chi connectivity index (χ1v) is 7.41. The van der Waals surface area contributed by atoms with Crippen LogP contribution >= 0.6 is 0 Å². The Labute approximate surface area is 119 Å². The second-order valence-corrected chi connectivity index (χ2v) is 5.30. The first kappa shape index (κ1) is 13.6. The highest BCUT2D eigenvalue weighted by Gasteiger charge is 2.23. The fraction of sp³-hybridized carbons (Fsp3) is 0.500. The van der Waals surface area contributed by atoms with Crippen LogP contribution in [0.4, 0.5) is 0 Å². The van der Waals surface area contributed by atoms with Crippen LogP contribution in [0.15, 0.2) is 24.3 Å². The van der Waals surface area contributed by atoms with Crippen molar-refractivity contribution in [1.29, 1.82) is 0 Å². The average molecular weight is 274 g/mol. The van der Waals surface area contributed by atoms with E-state index >= 15 is 0 Å². The summed E-state index contributed by atoms with van der Waals surface area (Å²) in [5.74, 6) is 0. The van der Waals surface area contributed by atoms with Gasteiger partial charge in [-0.3, -0.25) is 0 Å². The summed E-state index contributed by atoms with van der Waals surface area (Å²) in [4.78, 5) is 3.57. The summed E-state index contributed by atoms with van der Waals surface area (Å²) in [6.07, 6.45) is 3.56. The number of aromatic nitrogens is 1. The first-order chi connectivity index (χ1) is 9.90. The standard InChI is InChI=1S/C16H22N2O2/c19-9-11-20-10-8-17-15-7-3-5-13-12-4-1-2-6-14(12)18-16(13)15/h1-2,4,6,15,17-19H,3,5,7-11H2. The number of fused-ring (bicyclic) bond motifs is 3. The van der Waals surface area contributed by atoms with Gasteiger partial charge in [0.05, 0.1) is 19.8 Å². The number of hydrogen-bond acceptors (Lipinski definition) is 3. The van der Waals surface area contributed by atoms with E-state index in [2.05, 4.69) is 34.6 Å². The van der Waals surface area contributed by atoms with E-state index in [1.54, 1.807) is 0 Å². The summed E-state index contributed by atoms with van der Waals surface area (Å²) in [7, 11) is 0. The molecule has 20 heavy (non-hydrogen) atoms. The monoisotopic (exact) mass is 274 g/mol. The van der Waals surface area contributed by atoms with Gasteiger partial charge in [0.25, 0.3) is 0 Å². The first-order valence-electron chi connectivity index (χ1n) is 7.41. The van der Waals surface area contributed by atoms with E-state index in [9.17, 15) is 0 Å². The van der Waals surface area contributed by atoms with Gasteiger partial charge < -0.3 is 20.1 Å². The van der Waals surface area contributed by atoms with Crippen molar-refractivity contribution >= 4 is 10.9 Å². The topological polar surface area (TPSA) is 57.3 Å². The Bertz CT molecular complexity index is 565. The molecule has 1 heterocycles. The van der Waals surface area contributed by atoms with Gasteiger partial charge in [-0.25, -0.2) is 0 Å². The molecule has 0 saturated heterocycles. The molecule has 2 aromatic rings. The number of nitrogens with one attached hydrogen (secondary N) is 2. The third-order valence-corrected chi connectivity index (χ3v) is 3.99. The highest BCUT2D eigenvalue weighted by molar-refractivity contribution is 5.85. The van der Waals surface area contributed by atoms with E-state index in [1.807, 2.05) is 0 Å². The molecule has 0 radical (unpaired) electrons. The number of benzene rings is 1. The van der Waals surface area contributed by atoms with Gasteiger partial charge in [0.1, 0.15) is 0 Å². The zero-order valence-electron chi connectivity index (χ0n) is 11.7. The van der Waals surface area contributed by atoms with Crippen LogP contribution in [0, 0.1) is 0 Å². The van der Waals surface area contributed by atoms with E-state index in [4.69, 9.17) is 9.84 Å². The SMILES string of the molecule is OCCOCCNC1CCCc2c1[nH]c1ccccc21. The maximum Gasteiger partial charge on any atom is 0.0698 e. The number of aryl methyl sites for hydroxylation is 1. The summed E-state index contributed by atoms with van der Waals surface area (Å²) in [5, 5.41) is 13.6. The molecule has 0 spiro atoms. The van der Waals surface area contributed by atoms with Gasteiger partial charge in [0, 0.05) is 29.2 Å². The van der Waals surface area contributed by atoms with Crippen LogP contribution in [-0.4, -0.2) is 36.5 Å². The normalized spacial score (nSPS) is 18.4. The molecule has 1 atom stereocenters. The predicted octanol–water partition coefficient (Wildman–Crippen LogP) is 2.14. The van der Waals surface area contributed by atoms with Gasteiger partial charge in [-0.15, -0.1) is 0 Å². The molecule has 0 saturated carbocycles. The predicted molar refractivity (Wildman–Crippen MR) is 79.9 cm³/mol. The van der Waals surface area contributed by atoms with Crippen LogP contribution in [0.5, 0.6) is 0 Å². The summed E-state index contributed by atoms with van der Waals surface area (Å²) in [6.45, 7) is 1.98. The lowest BCUT2D eigenvalue weighted by Crippen LogP contribution is -2.28. The maximum atomic E-state index is 8.67. The third-order valence-electron chi connectivity index (χ3n) is 3.99. The zero-order chi connectivity index (χ0) is 13.8. The van der Waals surface area contributed by atoms with Gasteiger partial charge in [-0.05, 0) is 30.9 Å². The average Bonchev–Trinajstić information content (AvgIpc) is 2.87. The highest BCUT2D eigenvalue weighted by atomic mass is 16.5. The molecule has 0 aliphatic heterocycles. The van der Waals surface area contributed by atoms with Gasteiger partial charge in [0.2, 0.25) is 0 Å². The number of hydrogen-bond donors (Lipinski definition) is 3. The number of ether oxygens (including phenoxy) is 1. The zero-order valence-corrected chi connectivity index (χ0v) is 11.7. The summed E-state index contributed by atoms with van der Waals surface area (Å²) < 4.78 is 5.30. The molecular weight excluding hydrogens is 252 g/mol. The molecule has 4 heteroatoms. The molecule has 4 nitrogen and oxygen atoms in total. The molecule has 0 fully saturated rings. The Morgan fingerprint density at radius 1 is 1.30 bits per heavy atom. The number of H-pyrrole nitrogens is 1. The van der Waals surface area contributed by atoms with Crippen LogP contribution in [0.2, 0.25) is 0 Å². The van der Waals surface area contributed by atoms with Crippen molar-refractivity contribution in [3.8, 4) is 0 Å². The Kier molecular flexibility index (Phi) is 4.35. The number of rotatable bonds is 6. The van der Waals surface area contributed by atoms with Crippen LogP contribution in [0.3, 0.4) is 0 Å². The van der Waals surface area contributed by atoms with Crippen LogP contribution in [0.25, 0.3) is 10.9 Å². The van der Waals surface area contributed by atoms with Gasteiger partial charge in [0.15, 0.2) is 0 Å². The highest BCUT2D eigenvalue weighted by Crippen LogP contribution is 2.34. The number of para-hydroxylation sites is 1. The molecule has 1 unspecified atom stereocenters. The molecule has 3 N–H and O–H groups in total. The lowest BCUT2D eigenvalue weighted by atomic mass is 9.92. The quantitative estimate of drug-likeness (QED) is 0.707. The third kappa shape index (κ3) is 2.73. The summed E-state index contributed by atoms with van der Waals surface area (Å²) in [6, 6.07) is 8.93. The van der Waals surface area contributed by atoms with Gasteiger partial charge >= 0.3 is 0 Å². The minimum absolute atomic E-state index is 0.0929. The van der Waals surface area contributed by atoms with Gasteiger partial charge in [-0.2, -0.15) is 0 Å². The summed E-state index contributed by atoms with van der Waals surface area (Å²) >= 11 is 0. The molecule has 1 aliphatic carbocycles. The molecule has 1 aromatic heterocycles. The molecule has 1 aliphatic rings. The van der Waals surface area contributed by atoms with Crippen molar-refractivity contribution < 1.29 is 9.84 Å². The molecule has 1 aromatic carbocycles. The molecule has 0 bridgehead atoms. The maximum absolute atomic E-state index is 8.67. The molecule has 108 valence electrons. The minimum Gasteiger partial charge on any atom is -0.394 e. The second-order valence-electron chi connectivity index (χ2n) is 5.30. The van der Waals surface area contributed by atoms with Gasteiger partial charge in [-0.1, -0.05) is 18.2 Å². The van der Waals surface area contributed by atoms with Crippen LogP contribution in [-0.2, 0) is 11.2 Å². The molecule has 0 amide bonds. The van der Waals surface area contributed by atoms with Crippen LogP contribution < -0.4 is 5.32 Å². The number of aliphatic hydroxyl groups excluding tert-OH is 1. The van der Waals surface area contributed by atoms with Crippen LogP contribution in [0.1, 0.15) is 30.1 Å². The summed E-state index contributed by atoms with van der Waals surface area (Å²) in [5.41, 5.74) is 4.06. The van der Waals surface area contributed by atoms with Crippen molar-refractivity contribution in [2.24, 2.45) is 0 Å². The smallest absolute Gasteiger partial charge is 0.0698 e. The van der Waals surface area contributed by atoms with Crippen molar-refractivity contribution in [2.75, 3.05) is 26.4 Å². The van der Waals surface area contributed by atoms with E-state index < -0.39 is 0 Å². The molecular formula is C16H22N2O2. The van der Waals surface area contributed by atoms with E-state index in [0.717, 1.165) is 6.54 Å². The van der Waals surface area contributed by atoms with E-state index in [-0.39, 0.29) is 6.61 Å². The fourth-order valence-corrected chi connectivity index (χ4v) is 3.09. The van der Waals surface area contributed by atoms with Crippen molar-refractivity contribution in [3.63, 3.8) is 0 Å². The van der Waals surface area contributed by atoms with E-state index in [0.29, 0.717) is 19.3 Å². The lowest BCUT2D eigenvalue weighted by molar-refractivity contribution is 0.0922. The largest absolute Gasteiger partial charge is 0.394 e. The Morgan fingerprint density at radius 2 is 2.20 bits per heavy atom. The Hall–Kier alpha value is -1.36. The Balaban J connectivity index is 1.70. The molecule has 3 rings (SSSR count). The number of aromatic amines is 1. The van der Waals surface area contributed by atoms with Crippen molar-refractivity contribution in [1.82, 2.24) is 10.3 Å². The van der Waals surface area contributed by atoms with Crippen molar-refractivity contribution in [2.45, 2.75) is 25.3 Å². The lowest BCUT2D eigenvalue weighted by Gasteiger charge is -2.24. The van der Waals surface area contributed by atoms with Crippen molar-refractivity contribution in [3.05, 3.63) is 35.5 Å².